The molecule has 0 atom stereocenters. The van der Waals surface area contributed by atoms with E-state index in [1.165, 1.54) is 0 Å². The quantitative estimate of drug-likeness (QED) is 0.169. The van der Waals surface area contributed by atoms with Crippen molar-refractivity contribution < 1.29 is 33.3 Å². The Hall–Kier alpha value is -4.65. The van der Waals surface area contributed by atoms with Crippen molar-refractivity contribution in [2.75, 3.05) is 7.11 Å². The molecule has 0 spiro atoms. The van der Waals surface area contributed by atoms with E-state index in [1.807, 2.05) is 0 Å². The zero-order valence-electron chi connectivity index (χ0n) is 23.0. The SMILES string of the molecule is C=C(C)C(=O)Oc1ccc(-c2cc(OC)c(-c3ccc(OC(=O)C(C)C)cc3)cc2OC(=O)/C(C)=C/C)cc1. The monoisotopic (exact) mass is 528 g/mol. The van der Waals surface area contributed by atoms with E-state index >= 15 is 0 Å². The minimum atomic E-state index is -0.518. The Balaban J connectivity index is 2.06. The Morgan fingerprint density at radius 1 is 0.744 bits per heavy atom. The number of hydrogen-bond acceptors (Lipinski definition) is 7. The van der Waals surface area contributed by atoms with Crippen LogP contribution in [-0.4, -0.2) is 25.0 Å². The first-order valence-corrected chi connectivity index (χ1v) is 12.4. The molecule has 7 nitrogen and oxygen atoms in total. The van der Waals surface area contributed by atoms with Gasteiger partial charge in [0.05, 0.1) is 13.0 Å². The lowest BCUT2D eigenvalue weighted by atomic mass is 9.97. The van der Waals surface area contributed by atoms with Crippen molar-refractivity contribution >= 4 is 17.9 Å². The lowest BCUT2D eigenvalue weighted by molar-refractivity contribution is -0.137. The highest BCUT2D eigenvalue weighted by atomic mass is 16.5. The molecule has 202 valence electrons. The highest BCUT2D eigenvalue weighted by molar-refractivity contribution is 5.92. The molecule has 0 aromatic heterocycles. The maximum Gasteiger partial charge on any atom is 0.338 e. The number of rotatable bonds is 9. The number of allylic oxidation sites excluding steroid dienone is 1. The summed E-state index contributed by atoms with van der Waals surface area (Å²) in [6.45, 7) is 12.1. The van der Waals surface area contributed by atoms with Crippen LogP contribution in [0.3, 0.4) is 0 Å². The summed E-state index contributed by atoms with van der Waals surface area (Å²) in [5, 5.41) is 0. The number of ether oxygens (including phenoxy) is 4. The van der Waals surface area contributed by atoms with Crippen LogP contribution >= 0.6 is 0 Å². The molecule has 0 aliphatic heterocycles. The van der Waals surface area contributed by atoms with Gasteiger partial charge in [0.2, 0.25) is 0 Å². The second-order valence-corrected chi connectivity index (χ2v) is 9.20. The summed E-state index contributed by atoms with van der Waals surface area (Å²) in [5.74, 6) is 0.0677. The Bertz CT molecular complexity index is 1410. The van der Waals surface area contributed by atoms with E-state index in [2.05, 4.69) is 6.58 Å². The van der Waals surface area contributed by atoms with Gasteiger partial charge in [-0.05, 0) is 68.3 Å². The van der Waals surface area contributed by atoms with Gasteiger partial charge in [0.1, 0.15) is 23.0 Å². The minimum Gasteiger partial charge on any atom is -0.496 e. The molecule has 0 fully saturated rings. The standard InChI is InChI=1S/C32H32O7/c1-8-21(6)32(35)39-29-18-26(22-9-13-24(14-10-22)37-30(33)19(2)3)28(36-7)17-27(29)23-11-15-25(16-12-23)38-31(34)20(4)5/h8-19H,4H2,1-3,5-7H3/b21-8+. The third-order valence-electron chi connectivity index (χ3n) is 5.84. The van der Waals surface area contributed by atoms with Crippen LogP contribution in [0.2, 0.25) is 0 Å². The molecule has 0 unspecified atom stereocenters. The molecule has 0 bridgehead atoms. The highest BCUT2D eigenvalue weighted by Crippen LogP contribution is 2.42. The van der Waals surface area contributed by atoms with Gasteiger partial charge in [-0.15, -0.1) is 0 Å². The third-order valence-corrected chi connectivity index (χ3v) is 5.84. The average Bonchev–Trinajstić information content (AvgIpc) is 2.93. The number of methoxy groups -OCH3 is 1. The van der Waals surface area contributed by atoms with Crippen LogP contribution in [0.5, 0.6) is 23.0 Å². The van der Waals surface area contributed by atoms with E-state index in [4.69, 9.17) is 18.9 Å². The van der Waals surface area contributed by atoms with Crippen LogP contribution in [-0.2, 0) is 14.4 Å². The summed E-state index contributed by atoms with van der Waals surface area (Å²) < 4.78 is 22.2. The molecule has 0 heterocycles. The van der Waals surface area contributed by atoms with E-state index in [9.17, 15) is 14.4 Å². The summed E-state index contributed by atoms with van der Waals surface area (Å²) >= 11 is 0. The van der Waals surface area contributed by atoms with E-state index in [0.717, 1.165) is 5.56 Å². The normalized spacial score (nSPS) is 11.1. The fraction of sp³-hybridized carbons (Fsp3) is 0.219. The molecule has 0 saturated carbocycles. The molecule has 0 aliphatic rings. The third kappa shape index (κ3) is 7.23. The Labute approximate surface area is 228 Å². The van der Waals surface area contributed by atoms with Gasteiger partial charge in [-0.1, -0.05) is 50.8 Å². The summed E-state index contributed by atoms with van der Waals surface area (Å²) in [7, 11) is 1.55. The number of esters is 3. The van der Waals surface area contributed by atoms with E-state index in [-0.39, 0.29) is 11.9 Å². The zero-order chi connectivity index (χ0) is 28.7. The fourth-order valence-corrected chi connectivity index (χ4v) is 3.40. The largest absolute Gasteiger partial charge is 0.496 e. The number of carbonyl (C=O) groups is 3. The molecule has 0 saturated heterocycles. The number of carbonyl (C=O) groups excluding carboxylic acids is 3. The van der Waals surface area contributed by atoms with Crippen LogP contribution in [0.15, 0.2) is 84.5 Å². The first kappa shape index (κ1) is 28.9. The van der Waals surface area contributed by atoms with E-state index in [1.54, 1.807) is 108 Å². The van der Waals surface area contributed by atoms with Crippen LogP contribution < -0.4 is 18.9 Å². The van der Waals surface area contributed by atoms with E-state index < -0.39 is 11.9 Å². The van der Waals surface area contributed by atoms with Gasteiger partial charge in [-0.25, -0.2) is 9.59 Å². The van der Waals surface area contributed by atoms with Crippen molar-refractivity contribution in [3.8, 4) is 45.3 Å². The van der Waals surface area contributed by atoms with Crippen molar-refractivity contribution in [3.05, 3.63) is 84.5 Å². The molecule has 39 heavy (non-hydrogen) atoms. The highest BCUT2D eigenvalue weighted by Gasteiger charge is 2.19. The topological polar surface area (TPSA) is 88.1 Å². The molecule has 0 radical (unpaired) electrons. The second-order valence-electron chi connectivity index (χ2n) is 9.20. The van der Waals surface area contributed by atoms with Gasteiger partial charge in [-0.3, -0.25) is 4.79 Å². The lowest BCUT2D eigenvalue weighted by Gasteiger charge is -2.17. The van der Waals surface area contributed by atoms with Crippen LogP contribution in [0.25, 0.3) is 22.3 Å². The van der Waals surface area contributed by atoms with E-state index in [0.29, 0.717) is 50.8 Å². The number of hydrogen-bond donors (Lipinski definition) is 0. The Morgan fingerprint density at radius 2 is 1.23 bits per heavy atom. The smallest absolute Gasteiger partial charge is 0.338 e. The van der Waals surface area contributed by atoms with Gasteiger partial charge < -0.3 is 18.9 Å². The van der Waals surface area contributed by atoms with Crippen molar-refractivity contribution in [3.63, 3.8) is 0 Å². The zero-order valence-corrected chi connectivity index (χ0v) is 23.0. The van der Waals surface area contributed by atoms with Crippen molar-refractivity contribution in [2.24, 2.45) is 5.92 Å². The first-order chi connectivity index (χ1) is 18.5. The lowest BCUT2D eigenvalue weighted by Crippen LogP contribution is -2.14. The molecule has 3 aromatic carbocycles. The predicted molar refractivity (Wildman–Crippen MR) is 150 cm³/mol. The predicted octanol–water partition coefficient (Wildman–Crippen LogP) is 6.94. The van der Waals surface area contributed by atoms with Crippen molar-refractivity contribution in [1.29, 1.82) is 0 Å². The maximum absolute atomic E-state index is 12.7. The molecule has 0 amide bonds. The van der Waals surface area contributed by atoms with Gasteiger partial charge in [0.15, 0.2) is 0 Å². The second kappa shape index (κ2) is 12.7. The van der Waals surface area contributed by atoms with Crippen LogP contribution in [0.4, 0.5) is 0 Å². The summed E-state index contributed by atoms with van der Waals surface area (Å²) in [4.78, 5) is 36.5. The summed E-state index contributed by atoms with van der Waals surface area (Å²) in [6.07, 6.45) is 1.67. The Kier molecular flexibility index (Phi) is 9.44. The molecular formula is C32H32O7. The van der Waals surface area contributed by atoms with Gasteiger partial charge in [0.25, 0.3) is 0 Å². The van der Waals surface area contributed by atoms with Gasteiger partial charge in [-0.2, -0.15) is 0 Å². The molecule has 3 rings (SSSR count). The molecule has 7 heteroatoms. The fourth-order valence-electron chi connectivity index (χ4n) is 3.40. The molecule has 0 N–H and O–H groups in total. The maximum atomic E-state index is 12.7. The summed E-state index contributed by atoms with van der Waals surface area (Å²) in [5.41, 5.74) is 3.51. The first-order valence-electron chi connectivity index (χ1n) is 12.4. The van der Waals surface area contributed by atoms with Gasteiger partial charge >= 0.3 is 17.9 Å². The Morgan fingerprint density at radius 3 is 1.69 bits per heavy atom. The molecule has 0 aliphatic carbocycles. The van der Waals surface area contributed by atoms with Crippen molar-refractivity contribution in [2.45, 2.75) is 34.6 Å². The average molecular weight is 529 g/mol. The minimum absolute atomic E-state index is 0.248. The van der Waals surface area contributed by atoms with Crippen molar-refractivity contribution in [1.82, 2.24) is 0 Å². The molecule has 3 aromatic rings. The van der Waals surface area contributed by atoms with Gasteiger partial charge in [0, 0.05) is 22.3 Å². The van der Waals surface area contributed by atoms with Crippen LogP contribution in [0.1, 0.15) is 34.6 Å². The van der Waals surface area contributed by atoms with Crippen LogP contribution in [0, 0.1) is 5.92 Å². The summed E-state index contributed by atoms with van der Waals surface area (Å²) in [6, 6.07) is 17.3. The molecular weight excluding hydrogens is 496 g/mol. The number of benzene rings is 3.